The van der Waals surface area contributed by atoms with Crippen LogP contribution in [0.15, 0.2) is 48.5 Å². The molecule has 20 heavy (non-hydrogen) atoms. The number of hydrogen-bond acceptors (Lipinski definition) is 2. The van der Waals surface area contributed by atoms with E-state index < -0.39 is 0 Å². The number of benzene rings is 2. The van der Waals surface area contributed by atoms with Gasteiger partial charge in [0.25, 0.3) is 0 Å². The zero-order chi connectivity index (χ0) is 14.4. The van der Waals surface area contributed by atoms with Crippen molar-refractivity contribution < 1.29 is 4.74 Å². The fourth-order valence-corrected chi connectivity index (χ4v) is 2.12. The van der Waals surface area contributed by atoms with Crippen LogP contribution in [0, 0.1) is 13.8 Å². The van der Waals surface area contributed by atoms with Crippen molar-refractivity contribution in [2.45, 2.75) is 33.3 Å². The molecule has 0 aliphatic heterocycles. The molecule has 0 amide bonds. The fraction of sp³-hybridized carbons (Fsp3) is 0.333. The van der Waals surface area contributed by atoms with Crippen molar-refractivity contribution in [1.29, 1.82) is 0 Å². The summed E-state index contributed by atoms with van der Waals surface area (Å²) in [5.41, 5.74) is 3.60. The molecule has 2 nitrogen and oxygen atoms in total. The molecule has 1 N–H and O–H groups in total. The predicted octanol–water partition coefficient (Wildman–Crippen LogP) is 4.57. The van der Waals surface area contributed by atoms with E-state index in [0.717, 1.165) is 24.4 Å². The van der Waals surface area contributed by atoms with E-state index in [4.69, 9.17) is 4.74 Å². The van der Waals surface area contributed by atoms with Gasteiger partial charge >= 0.3 is 0 Å². The summed E-state index contributed by atoms with van der Waals surface area (Å²) in [5, 5.41) is 3.45. The average Bonchev–Trinajstić information content (AvgIpc) is 2.45. The summed E-state index contributed by atoms with van der Waals surface area (Å²) in [6.45, 7) is 7.15. The molecule has 106 valence electrons. The second-order valence-corrected chi connectivity index (χ2v) is 5.16. The molecule has 0 spiro atoms. The number of hydrogen-bond donors (Lipinski definition) is 1. The molecule has 0 bridgehead atoms. The molecule has 0 heterocycles. The van der Waals surface area contributed by atoms with E-state index in [1.54, 1.807) is 0 Å². The van der Waals surface area contributed by atoms with Crippen molar-refractivity contribution in [2.75, 3.05) is 11.9 Å². The van der Waals surface area contributed by atoms with Gasteiger partial charge in [0.15, 0.2) is 0 Å². The highest BCUT2D eigenvalue weighted by Gasteiger charge is 2.09. The Labute approximate surface area is 121 Å². The fourth-order valence-electron chi connectivity index (χ4n) is 2.12. The molecular formula is C18H23NO. The van der Waals surface area contributed by atoms with Gasteiger partial charge in [-0.3, -0.25) is 0 Å². The second-order valence-electron chi connectivity index (χ2n) is 5.16. The lowest BCUT2D eigenvalue weighted by atomic mass is 10.2. The van der Waals surface area contributed by atoms with Crippen molar-refractivity contribution in [3.8, 4) is 5.75 Å². The van der Waals surface area contributed by atoms with Crippen molar-refractivity contribution in [3.63, 3.8) is 0 Å². The summed E-state index contributed by atoms with van der Waals surface area (Å²) in [5.74, 6) is 0.977. The molecule has 1 unspecified atom stereocenters. The molecule has 0 saturated heterocycles. The lowest BCUT2D eigenvalue weighted by molar-refractivity contribution is 0.208. The molecule has 0 aliphatic carbocycles. The minimum absolute atomic E-state index is 0.177. The summed E-state index contributed by atoms with van der Waals surface area (Å²) >= 11 is 0. The molecule has 0 aromatic heterocycles. The van der Waals surface area contributed by atoms with Gasteiger partial charge in [0.05, 0.1) is 6.54 Å². The maximum Gasteiger partial charge on any atom is 0.122 e. The van der Waals surface area contributed by atoms with Crippen LogP contribution < -0.4 is 10.1 Å². The van der Waals surface area contributed by atoms with E-state index in [1.807, 2.05) is 18.2 Å². The zero-order valence-electron chi connectivity index (χ0n) is 12.5. The first-order valence-electron chi connectivity index (χ1n) is 7.22. The Morgan fingerprint density at radius 1 is 1.05 bits per heavy atom. The molecule has 1 atom stereocenters. The van der Waals surface area contributed by atoms with Gasteiger partial charge in [0, 0.05) is 5.69 Å². The summed E-state index contributed by atoms with van der Waals surface area (Å²) in [4.78, 5) is 0. The van der Waals surface area contributed by atoms with Crippen LogP contribution >= 0.6 is 0 Å². The normalized spacial score (nSPS) is 11.9. The van der Waals surface area contributed by atoms with Crippen LogP contribution in [-0.4, -0.2) is 12.6 Å². The average molecular weight is 269 g/mol. The molecular weight excluding hydrogens is 246 g/mol. The van der Waals surface area contributed by atoms with Gasteiger partial charge in [-0.2, -0.15) is 0 Å². The summed E-state index contributed by atoms with van der Waals surface area (Å²) in [7, 11) is 0. The molecule has 2 aromatic carbocycles. The number of anilines is 1. The molecule has 0 saturated carbocycles. The molecule has 0 radical (unpaired) electrons. The Morgan fingerprint density at radius 2 is 1.85 bits per heavy atom. The Morgan fingerprint density at radius 3 is 2.55 bits per heavy atom. The van der Waals surface area contributed by atoms with Crippen LogP contribution in [0.2, 0.25) is 0 Å². The molecule has 2 rings (SSSR count). The highest BCUT2D eigenvalue weighted by molar-refractivity contribution is 5.45. The number of ether oxygens (including phenoxy) is 1. The van der Waals surface area contributed by atoms with E-state index in [9.17, 15) is 0 Å². The van der Waals surface area contributed by atoms with Gasteiger partial charge in [-0.15, -0.1) is 0 Å². The standard InChI is InChI=1S/C18H23NO/c1-4-17(20-18-11-6-5-9-15(18)3)13-19-16-10-7-8-14(2)12-16/h5-12,17,19H,4,13H2,1-3H3. The highest BCUT2D eigenvalue weighted by atomic mass is 16.5. The third kappa shape index (κ3) is 4.02. The number of para-hydroxylation sites is 1. The lowest BCUT2D eigenvalue weighted by Gasteiger charge is -2.20. The quantitative estimate of drug-likeness (QED) is 0.829. The van der Waals surface area contributed by atoms with Gasteiger partial charge < -0.3 is 10.1 Å². The Bertz CT molecular complexity index is 551. The van der Waals surface area contributed by atoms with E-state index in [2.05, 4.69) is 56.4 Å². The van der Waals surface area contributed by atoms with Crippen LogP contribution in [-0.2, 0) is 0 Å². The lowest BCUT2D eigenvalue weighted by Crippen LogP contribution is -2.25. The van der Waals surface area contributed by atoms with E-state index >= 15 is 0 Å². The SMILES string of the molecule is CCC(CNc1cccc(C)c1)Oc1ccccc1C. The highest BCUT2D eigenvalue weighted by Crippen LogP contribution is 2.19. The van der Waals surface area contributed by atoms with Gasteiger partial charge in [-0.1, -0.05) is 37.3 Å². The van der Waals surface area contributed by atoms with E-state index in [0.29, 0.717) is 0 Å². The minimum Gasteiger partial charge on any atom is -0.488 e. The number of nitrogens with one attached hydrogen (secondary N) is 1. The Kier molecular flexibility index (Phi) is 5.05. The monoisotopic (exact) mass is 269 g/mol. The minimum atomic E-state index is 0.177. The Hall–Kier alpha value is -1.96. The van der Waals surface area contributed by atoms with Crippen LogP contribution in [0.5, 0.6) is 5.75 Å². The maximum absolute atomic E-state index is 6.08. The van der Waals surface area contributed by atoms with Crippen molar-refractivity contribution in [2.24, 2.45) is 0 Å². The van der Waals surface area contributed by atoms with Crippen molar-refractivity contribution in [3.05, 3.63) is 59.7 Å². The smallest absolute Gasteiger partial charge is 0.122 e. The van der Waals surface area contributed by atoms with Gasteiger partial charge in [0.2, 0.25) is 0 Å². The second kappa shape index (κ2) is 6.99. The zero-order valence-corrected chi connectivity index (χ0v) is 12.5. The molecule has 2 aromatic rings. The van der Waals surface area contributed by atoms with Crippen molar-refractivity contribution >= 4 is 5.69 Å². The van der Waals surface area contributed by atoms with Gasteiger partial charge in [-0.05, 0) is 49.6 Å². The largest absolute Gasteiger partial charge is 0.488 e. The molecule has 0 fully saturated rings. The third-order valence-electron chi connectivity index (χ3n) is 3.39. The summed E-state index contributed by atoms with van der Waals surface area (Å²) in [6, 6.07) is 16.6. The van der Waals surface area contributed by atoms with E-state index in [-0.39, 0.29) is 6.10 Å². The van der Waals surface area contributed by atoms with Crippen LogP contribution in [0.3, 0.4) is 0 Å². The molecule has 2 heteroatoms. The first kappa shape index (κ1) is 14.4. The number of rotatable bonds is 6. The van der Waals surface area contributed by atoms with Crippen LogP contribution in [0.1, 0.15) is 24.5 Å². The Balaban J connectivity index is 1.94. The third-order valence-corrected chi connectivity index (χ3v) is 3.39. The molecule has 0 aliphatic rings. The van der Waals surface area contributed by atoms with Crippen LogP contribution in [0.25, 0.3) is 0 Å². The number of aryl methyl sites for hydroxylation is 2. The maximum atomic E-state index is 6.08. The predicted molar refractivity (Wildman–Crippen MR) is 85.6 cm³/mol. The van der Waals surface area contributed by atoms with Gasteiger partial charge in [-0.25, -0.2) is 0 Å². The summed E-state index contributed by atoms with van der Waals surface area (Å²) < 4.78 is 6.08. The first-order chi connectivity index (χ1) is 9.69. The van der Waals surface area contributed by atoms with Crippen LogP contribution in [0.4, 0.5) is 5.69 Å². The topological polar surface area (TPSA) is 21.3 Å². The first-order valence-corrected chi connectivity index (χ1v) is 7.22. The van der Waals surface area contributed by atoms with Gasteiger partial charge in [0.1, 0.15) is 11.9 Å². The summed E-state index contributed by atoms with van der Waals surface area (Å²) in [6.07, 6.45) is 1.16. The van der Waals surface area contributed by atoms with Crippen molar-refractivity contribution in [1.82, 2.24) is 0 Å². The van der Waals surface area contributed by atoms with E-state index in [1.165, 1.54) is 11.1 Å².